The molecule has 1 aliphatic carbocycles. The van der Waals surface area contributed by atoms with Crippen LogP contribution in [0.25, 0.3) is 0 Å². The molecule has 160 valence electrons. The first kappa shape index (κ1) is 21.8. The smallest absolute Gasteiger partial charge is 0.187 e. The van der Waals surface area contributed by atoms with E-state index in [9.17, 15) is 30.3 Å². The summed E-state index contributed by atoms with van der Waals surface area (Å²) in [4.78, 5) is 12.0. The van der Waals surface area contributed by atoms with Gasteiger partial charge in [-0.15, -0.1) is 0 Å². The average Bonchev–Trinajstić information content (AvgIpc) is 2.73. The van der Waals surface area contributed by atoms with Crippen LogP contribution in [0.1, 0.15) is 33.6 Å². The Kier molecular flexibility index (Phi) is 5.76. The fraction of sp³-hybridized carbons (Fsp3) is 0.842. The van der Waals surface area contributed by atoms with Crippen molar-refractivity contribution < 1.29 is 44.5 Å². The molecule has 2 bridgehead atoms. The van der Waals surface area contributed by atoms with E-state index in [1.165, 1.54) is 0 Å². The molecule has 0 unspecified atom stereocenters. The van der Waals surface area contributed by atoms with Gasteiger partial charge in [0.05, 0.1) is 19.3 Å². The number of hydrogen-bond donors (Lipinski definition) is 5. The second kappa shape index (κ2) is 7.41. The summed E-state index contributed by atoms with van der Waals surface area (Å²) in [6.07, 6.45) is -3.97. The first-order valence-electron chi connectivity index (χ1n) is 9.50. The van der Waals surface area contributed by atoms with Crippen molar-refractivity contribution in [2.45, 2.75) is 81.6 Å². The summed E-state index contributed by atoms with van der Waals surface area (Å²) in [6, 6.07) is 0. The summed E-state index contributed by atoms with van der Waals surface area (Å²) in [5, 5.41) is 50.4. The van der Waals surface area contributed by atoms with Crippen molar-refractivity contribution >= 4 is 5.78 Å². The number of aliphatic hydroxyl groups is 5. The maximum atomic E-state index is 12.0. The molecule has 28 heavy (non-hydrogen) atoms. The minimum Gasteiger partial charge on any atom is -0.394 e. The van der Waals surface area contributed by atoms with Crippen LogP contribution in [0, 0.1) is 5.41 Å². The van der Waals surface area contributed by atoms with Gasteiger partial charge < -0.3 is 39.7 Å². The number of ether oxygens (including phenoxy) is 3. The van der Waals surface area contributed by atoms with Crippen molar-refractivity contribution in [1.82, 2.24) is 0 Å². The fourth-order valence-electron chi connectivity index (χ4n) is 4.51. The number of aliphatic hydroxyl groups excluding tert-OH is 4. The van der Waals surface area contributed by atoms with Gasteiger partial charge in [0.1, 0.15) is 41.4 Å². The average molecular weight is 402 g/mol. The zero-order valence-electron chi connectivity index (χ0n) is 16.3. The zero-order valence-corrected chi connectivity index (χ0v) is 16.3. The predicted octanol–water partition coefficient (Wildman–Crippen LogP) is -1.36. The molecule has 9 nitrogen and oxygen atoms in total. The molecule has 0 aromatic carbocycles. The molecule has 2 heterocycles. The largest absolute Gasteiger partial charge is 0.394 e. The lowest BCUT2D eigenvalue weighted by atomic mass is 9.59. The molecule has 1 saturated carbocycles. The summed E-state index contributed by atoms with van der Waals surface area (Å²) < 4.78 is 16.7. The molecule has 3 rings (SSSR count). The quantitative estimate of drug-likeness (QED) is 0.352. The minimum atomic E-state index is -1.53. The van der Waals surface area contributed by atoms with Crippen LogP contribution < -0.4 is 0 Å². The van der Waals surface area contributed by atoms with E-state index in [4.69, 9.17) is 14.2 Å². The molecule has 9 heteroatoms. The van der Waals surface area contributed by atoms with Gasteiger partial charge in [0.25, 0.3) is 0 Å². The Morgan fingerprint density at radius 3 is 2.50 bits per heavy atom. The maximum Gasteiger partial charge on any atom is 0.187 e. The van der Waals surface area contributed by atoms with Crippen LogP contribution in [0.2, 0.25) is 0 Å². The van der Waals surface area contributed by atoms with E-state index in [0.29, 0.717) is 0 Å². The van der Waals surface area contributed by atoms with Crippen molar-refractivity contribution in [3.63, 3.8) is 0 Å². The molecule has 0 aromatic rings. The fourth-order valence-corrected chi connectivity index (χ4v) is 4.51. The normalized spacial score (nSPS) is 50.3. The van der Waals surface area contributed by atoms with Crippen LogP contribution in [0.4, 0.5) is 0 Å². The van der Waals surface area contributed by atoms with Crippen LogP contribution >= 0.6 is 0 Å². The SMILES string of the molecule is C[C@H](/C=C/[C@]1(O)[C@]2(C)CO[C@@]1(C)CC(=O)C2)O[C@H]1O[C@H](CO)[C@@H](O)[C@H](O)[C@H]1O. The van der Waals surface area contributed by atoms with E-state index in [1.807, 2.05) is 6.92 Å². The van der Waals surface area contributed by atoms with E-state index in [1.54, 1.807) is 26.0 Å². The lowest BCUT2D eigenvalue weighted by Gasteiger charge is -2.47. The molecule has 5 N–H and O–H groups in total. The van der Waals surface area contributed by atoms with Crippen molar-refractivity contribution in [3.05, 3.63) is 12.2 Å². The highest BCUT2D eigenvalue weighted by molar-refractivity contribution is 5.83. The summed E-state index contributed by atoms with van der Waals surface area (Å²) in [6.45, 7) is 4.89. The van der Waals surface area contributed by atoms with Crippen LogP contribution in [-0.4, -0.2) is 92.5 Å². The number of Topliss-reactive ketones (excluding diaryl/α,β-unsaturated/α-hetero) is 1. The highest BCUT2D eigenvalue weighted by atomic mass is 16.7. The molecule has 9 atom stereocenters. The Morgan fingerprint density at radius 2 is 1.89 bits per heavy atom. The lowest BCUT2D eigenvalue weighted by Crippen LogP contribution is -2.60. The second-order valence-corrected chi connectivity index (χ2v) is 8.64. The number of carbonyl (C=O) groups excluding carboxylic acids is 1. The highest BCUT2D eigenvalue weighted by Gasteiger charge is 2.67. The monoisotopic (exact) mass is 402 g/mol. The van der Waals surface area contributed by atoms with Gasteiger partial charge in [0.15, 0.2) is 6.29 Å². The first-order chi connectivity index (χ1) is 13.0. The van der Waals surface area contributed by atoms with Gasteiger partial charge >= 0.3 is 0 Å². The van der Waals surface area contributed by atoms with Gasteiger partial charge in [0.2, 0.25) is 0 Å². The number of carbonyl (C=O) groups is 1. The van der Waals surface area contributed by atoms with E-state index < -0.39 is 60.0 Å². The van der Waals surface area contributed by atoms with Crippen molar-refractivity contribution in [2.75, 3.05) is 13.2 Å². The summed E-state index contributed by atoms with van der Waals surface area (Å²) in [5.74, 6) is 0.0474. The third-order valence-corrected chi connectivity index (χ3v) is 6.36. The Labute approximate surface area is 163 Å². The Bertz CT molecular complexity index is 613. The van der Waals surface area contributed by atoms with Crippen molar-refractivity contribution in [2.24, 2.45) is 5.41 Å². The highest BCUT2D eigenvalue weighted by Crippen LogP contribution is 2.56. The topological polar surface area (TPSA) is 146 Å². The van der Waals surface area contributed by atoms with E-state index in [2.05, 4.69) is 0 Å². The zero-order chi connectivity index (χ0) is 20.9. The molecular formula is C19H30O9. The van der Waals surface area contributed by atoms with Crippen LogP contribution in [0.3, 0.4) is 0 Å². The van der Waals surface area contributed by atoms with Crippen molar-refractivity contribution in [1.29, 1.82) is 0 Å². The number of fused-ring (bicyclic) bond motifs is 2. The number of rotatable bonds is 5. The van der Waals surface area contributed by atoms with Gasteiger partial charge in [-0.2, -0.15) is 0 Å². The van der Waals surface area contributed by atoms with E-state index >= 15 is 0 Å². The molecule has 2 saturated heterocycles. The first-order valence-corrected chi connectivity index (χ1v) is 9.50. The number of hydrogen-bond acceptors (Lipinski definition) is 9. The molecule has 3 fully saturated rings. The van der Waals surface area contributed by atoms with Gasteiger partial charge in [-0.1, -0.05) is 19.1 Å². The molecule has 0 amide bonds. The molecular weight excluding hydrogens is 372 g/mol. The Balaban J connectivity index is 1.72. The van der Waals surface area contributed by atoms with E-state index in [0.717, 1.165) is 0 Å². The van der Waals surface area contributed by atoms with Crippen LogP contribution in [-0.2, 0) is 19.0 Å². The Morgan fingerprint density at radius 1 is 1.21 bits per heavy atom. The molecule has 2 aliphatic heterocycles. The standard InChI is InChI=1S/C19H30O9/c1-10(27-16-15(24)14(23)13(22)12(8-20)28-16)4-5-19(25)17(2)6-11(21)7-18(19,3)26-9-17/h4-5,10,12-16,20,22-25H,6-9H2,1-3H3/b5-4+/t10-,12-,13-,14+,15-,16+,17+,18+,19+/m1/s1. The van der Waals surface area contributed by atoms with Gasteiger partial charge in [-0.25, -0.2) is 0 Å². The minimum absolute atomic E-state index is 0.0474. The second-order valence-electron chi connectivity index (χ2n) is 8.64. The molecule has 3 aliphatic rings. The summed E-state index contributed by atoms with van der Waals surface area (Å²) >= 11 is 0. The van der Waals surface area contributed by atoms with Crippen molar-refractivity contribution in [3.8, 4) is 0 Å². The van der Waals surface area contributed by atoms with Gasteiger partial charge in [0, 0.05) is 18.3 Å². The van der Waals surface area contributed by atoms with Crippen LogP contribution in [0.5, 0.6) is 0 Å². The Hall–Kier alpha value is -0.910. The third-order valence-electron chi connectivity index (χ3n) is 6.36. The molecule has 0 spiro atoms. The predicted molar refractivity (Wildman–Crippen MR) is 95.1 cm³/mol. The van der Waals surface area contributed by atoms with Gasteiger partial charge in [-0.05, 0) is 13.8 Å². The third kappa shape index (κ3) is 3.33. The summed E-state index contributed by atoms with van der Waals surface area (Å²) in [7, 11) is 0. The van der Waals surface area contributed by atoms with E-state index in [-0.39, 0.29) is 25.2 Å². The van der Waals surface area contributed by atoms with Gasteiger partial charge in [-0.3, -0.25) is 4.79 Å². The molecule has 0 radical (unpaired) electrons. The molecule has 0 aromatic heterocycles. The summed E-state index contributed by atoms with van der Waals surface area (Å²) in [5.41, 5.74) is -3.16. The number of ketones is 1. The maximum absolute atomic E-state index is 12.0. The van der Waals surface area contributed by atoms with Crippen LogP contribution in [0.15, 0.2) is 12.2 Å². The lowest BCUT2D eigenvalue weighted by molar-refractivity contribution is -0.306.